The monoisotopic (exact) mass is 382 g/mol. The van der Waals surface area contributed by atoms with E-state index in [-0.39, 0.29) is 10.6 Å². The SMILES string of the molecule is COc1ccc(C(=O)C(Br)c2ccccc2)cc1Br. The number of rotatable bonds is 4. The molecule has 0 aliphatic carbocycles. The Morgan fingerprint density at radius 1 is 1.16 bits per heavy atom. The summed E-state index contributed by atoms with van der Waals surface area (Å²) >= 11 is 6.84. The topological polar surface area (TPSA) is 26.3 Å². The van der Waals surface area contributed by atoms with Crippen molar-refractivity contribution >= 4 is 37.6 Å². The van der Waals surface area contributed by atoms with Crippen molar-refractivity contribution in [2.75, 3.05) is 7.11 Å². The summed E-state index contributed by atoms with van der Waals surface area (Å²) in [6.45, 7) is 0. The minimum absolute atomic E-state index is 0.0227. The third-order valence-electron chi connectivity index (χ3n) is 2.76. The number of alkyl halides is 1. The zero-order valence-corrected chi connectivity index (χ0v) is 13.4. The van der Waals surface area contributed by atoms with Gasteiger partial charge in [-0.2, -0.15) is 0 Å². The Morgan fingerprint density at radius 3 is 2.42 bits per heavy atom. The minimum Gasteiger partial charge on any atom is -0.496 e. The first-order valence-electron chi connectivity index (χ1n) is 5.70. The molecular weight excluding hydrogens is 372 g/mol. The van der Waals surface area contributed by atoms with Crippen molar-refractivity contribution in [2.24, 2.45) is 0 Å². The van der Waals surface area contributed by atoms with Gasteiger partial charge >= 0.3 is 0 Å². The highest BCUT2D eigenvalue weighted by atomic mass is 79.9. The molecule has 0 N–H and O–H groups in total. The number of hydrogen-bond donors (Lipinski definition) is 0. The van der Waals surface area contributed by atoms with Crippen LogP contribution in [0.5, 0.6) is 5.75 Å². The molecular formula is C15H12Br2O2. The van der Waals surface area contributed by atoms with E-state index in [2.05, 4.69) is 31.9 Å². The average molecular weight is 384 g/mol. The Bertz CT molecular complexity index is 582. The molecule has 0 fully saturated rings. The minimum atomic E-state index is -0.339. The van der Waals surface area contributed by atoms with Crippen LogP contribution in [0.4, 0.5) is 0 Å². The Morgan fingerprint density at radius 2 is 1.84 bits per heavy atom. The highest BCUT2D eigenvalue weighted by molar-refractivity contribution is 9.10. The highest BCUT2D eigenvalue weighted by Crippen LogP contribution is 2.31. The van der Waals surface area contributed by atoms with Gasteiger partial charge in [0.15, 0.2) is 5.78 Å². The summed E-state index contributed by atoms with van der Waals surface area (Å²) < 4.78 is 5.93. The van der Waals surface area contributed by atoms with Crippen LogP contribution in [-0.4, -0.2) is 12.9 Å². The van der Waals surface area contributed by atoms with E-state index >= 15 is 0 Å². The maximum atomic E-state index is 12.4. The summed E-state index contributed by atoms with van der Waals surface area (Å²) in [5.74, 6) is 0.733. The molecule has 0 amide bonds. The molecule has 0 radical (unpaired) electrons. The number of carbonyl (C=O) groups is 1. The third kappa shape index (κ3) is 3.25. The van der Waals surface area contributed by atoms with Crippen molar-refractivity contribution in [3.05, 3.63) is 64.1 Å². The first-order valence-corrected chi connectivity index (χ1v) is 7.41. The molecule has 19 heavy (non-hydrogen) atoms. The van der Waals surface area contributed by atoms with Crippen LogP contribution in [-0.2, 0) is 0 Å². The summed E-state index contributed by atoms with van der Waals surface area (Å²) in [6, 6.07) is 14.9. The van der Waals surface area contributed by atoms with Crippen LogP contribution >= 0.6 is 31.9 Å². The molecule has 2 aromatic carbocycles. The summed E-state index contributed by atoms with van der Waals surface area (Å²) in [5, 5.41) is 0. The lowest BCUT2D eigenvalue weighted by Gasteiger charge is -2.10. The third-order valence-corrected chi connectivity index (χ3v) is 4.32. The van der Waals surface area contributed by atoms with Gasteiger partial charge in [-0.3, -0.25) is 4.79 Å². The van der Waals surface area contributed by atoms with Gasteiger partial charge < -0.3 is 4.74 Å². The quantitative estimate of drug-likeness (QED) is 0.561. The van der Waals surface area contributed by atoms with Crippen LogP contribution in [0.3, 0.4) is 0 Å². The number of methoxy groups -OCH3 is 1. The number of ether oxygens (including phenoxy) is 1. The van der Waals surface area contributed by atoms with E-state index in [0.717, 1.165) is 10.0 Å². The van der Waals surface area contributed by atoms with Crippen LogP contribution in [0.25, 0.3) is 0 Å². The van der Waals surface area contributed by atoms with E-state index in [1.165, 1.54) is 0 Å². The maximum absolute atomic E-state index is 12.4. The van der Waals surface area contributed by atoms with E-state index in [9.17, 15) is 4.79 Å². The fourth-order valence-corrected chi connectivity index (χ4v) is 2.85. The molecule has 2 nitrogen and oxygen atoms in total. The van der Waals surface area contributed by atoms with Crippen LogP contribution in [0, 0.1) is 0 Å². The molecule has 0 aromatic heterocycles. The lowest BCUT2D eigenvalue weighted by Crippen LogP contribution is -2.07. The van der Waals surface area contributed by atoms with Crippen molar-refractivity contribution in [1.82, 2.24) is 0 Å². The highest BCUT2D eigenvalue weighted by Gasteiger charge is 2.19. The fraction of sp³-hybridized carbons (Fsp3) is 0.133. The molecule has 1 unspecified atom stereocenters. The molecule has 0 saturated heterocycles. The average Bonchev–Trinajstić information content (AvgIpc) is 2.46. The molecule has 98 valence electrons. The van der Waals surface area contributed by atoms with Gasteiger partial charge in [0.1, 0.15) is 10.6 Å². The smallest absolute Gasteiger partial charge is 0.180 e. The second-order valence-electron chi connectivity index (χ2n) is 3.99. The van der Waals surface area contributed by atoms with Gasteiger partial charge in [-0.1, -0.05) is 46.3 Å². The molecule has 0 heterocycles. The van der Waals surface area contributed by atoms with E-state index in [0.29, 0.717) is 11.3 Å². The van der Waals surface area contributed by atoms with E-state index < -0.39 is 0 Å². The lowest BCUT2D eigenvalue weighted by molar-refractivity contribution is 0.0991. The Hall–Kier alpha value is -1.13. The lowest BCUT2D eigenvalue weighted by atomic mass is 10.0. The summed E-state index contributed by atoms with van der Waals surface area (Å²) in [5.41, 5.74) is 1.58. The van der Waals surface area contributed by atoms with Gasteiger partial charge in [0, 0.05) is 5.56 Å². The van der Waals surface area contributed by atoms with Crippen LogP contribution in [0.1, 0.15) is 20.7 Å². The summed E-state index contributed by atoms with van der Waals surface area (Å²) in [4.78, 5) is 12.0. The molecule has 4 heteroatoms. The van der Waals surface area contributed by atoms with Gasteiger partial charge in [0.2, 0.25) is 0 Å². The molecule has 1 atom stereocenters. The van der Waals surface area contributed by atoms with E-state index in [1.807, 2.05) is 30.3 Å². The number of hydrogen-bond acceptors (Lipinski definition) is 2. The molecule has 0 aliphatic rings. The van der Waals surface area contributed by atoms with Gasteiger partial charge in [-0.25, -0.2) is 0 Å². The van der Waals surface area contributed by atoms with Crippen molar-refractivity contribution in [3.8, 4) is 5.75 Å². The number of halogens is 2. The number of ketones is 1. The van der Waals surface area contributed by atoms with E-state index in [1.54, 1.807) is 25.3 Å². The van der Waals surface area contributed by atoms with Gasteiger partial charge in [-0.05, 0) is 39.7 Å². The second kappa shape index (κ2) is 6.35. The maximum Gasteiger partial charge on any atom is 0.180 e. The first-order chi connectivity index (χ1) is 9.13. The number of benzene rings is 2. The van der Waals surface area contributed by atoms with Crippen LogP contribution < -0.4 is 4.74 Å². The van der Waals surface area contributed by atoms with Crippen molar-refractivity contribution in [1.29, 1.82) is 0 Å². The largest absolute Gasteiger partial charge is 0.496 e. The molecule has 0 spiro atoms. The zero-order chi connectivity index (χ0) is 13.8. The number of Topliss-reactive ketones (excluding diaryl/α,β-unsaturated/α-hetero) is 1. The van der Waals surface area contributed by atoms with Gasteiger partial charge in [0.05, 0.1) is 11.6 Å². The predicted molar refractivity (Wildman–Crippen MR) is 83.1 cm³/mol. The van der Waals surface area contributed by atoms with Crippen LogP contribution in [0.2, 0.25) is 0 Å². The van der Waals surface area contributed by atoms with Crippen molar-refractivity contribution in [2.45, 2.75) is 4.83 Å². The predicted octanol–water partition coefficient (Wildman–Crippen LogP) is 4.78. The number of carbonyl (C=O) groups excluding carboxylic acids is 1. The molecule has 0 saturated carbocycles. The molecule has 2 aromatic rings. The van der Waals surface area contributed by atoms with Crippen molar-refractivity contribution in [3.63, 3.8) is 0 Å². The van der Waals surface area contributed by atoms with Gasteiger partial charge in [0.25, 0.3) is 0 Å². The standard InChI is InChI=1S/C15H12Br2O2/c1-19-13-8-7-11(9-12(13)16)15(18)14(17)10-5-3-2-4-6-10/h2-9,14H,1H3. The first kappa shape index (κ1) is 14.3. The Labute approximate surface area is 129 Å². The zero-order valence-electron chi connectivity index (χ0n) is 10.3. The normalized spacial score (nSPS) is 11.9. The van der Waals surface area contributed by atoms with E-state index in [4.69, 9.17) is 4.74 Å². The summed E-state index contributed by atoms with van der Waals surface area (Å²) in [7, 11) is 1.60. The summed E-state index contributed by atoms with van der Waals surface area (Å²) in [6.07, 6.45) is 0. The molecule has 0 bridgehead atoms. The van der Waals surface area contributed by atoms with Gasteiger partial charge in [-0.15, -0.1) is 0 Å². The van der Waals surface area contributed by atoms with Crippen LogP contribution in [0.15, 0.2) is 53.0 Å². The molecule has 2 rings (SSSR count). The Kier molecular flexibility index (Phi) is 4.77. The van der Waals surface area contributed by atoms with Crippen molar-refractivity contribution < 1.29 is 9.53 Å². The Balaban J connectivity index is 2.27. The molecule has 0 aliphatic heterocycles. The second-order valence-corrected chi connectivity index (χ2v) is 5.76. The fourth-order valence-electron chi connectivity index (χ4n) is 1.74.